The molecule has 4 aliphatic rings. The van der Waals surface area contributed by atoms with E-state index < -0.39 is 0 Å². The van der Waals surface area contributed by atoms with Crippen LogP contribution in [-0.4, -0.2) is 6.10 Å². The summed E-state index contributed by atoms with van der Waals surface area (Å²) in [4.78, 5) is 0. The van der Waals surface area contributed by atoms with Crippen molar-refractivity contribution in [3.63, 3.8) is 0 Å². The third-order valence-electron chi connectivity index (χ3n) is 9.66. The summed E-state index contributed by atoms with van der Waals surface area (Å²) in [5.41, 5.74) is 2.79. The molecule has 0 aromatic rings. The van der Waals surface area contributed by atoms with Crippen molar-refractivity contribution in [3.05, 3.63) is 11.6 Å². The minimum atomic E-state index is 0.403. The molecule has 4 aliphatic carbocycles. The Kier molecular flexibility index (Phi) is 5.62. The maximum atomic E-state index is 5.85. The average Bonchev–Trinajstić information content (AvgIpc) is 2.99. The molecular weight excluding hydrogens is 355 g/mol. The Morgan fingerprint density at radius 3 is 2.73 bits per heavy atom. The third-order valence-corrected chi connectivity index (χ3v) is 10.3. The molecule has 0 heterocycles. The van der Waals surface area contributed by atoms with Gasteiger partial charge in [-0.1, -0.05) is 20.3 Å². The fraction of sp³-hybridized carbons (Fsp3) is 0.913. The number of fused-ring (bicyclic) bond motifs is 5. The zero-order valence-corrected chi connectivity index (χ0v) is 19.0. The summed E-state index contributed by atoms with van der Waals surface area (Å²) >= 11 is 0.796. The van der Waals surface area contributed by atoms with E-state index in [-0.39, 0.29) is 0 Å². The predicted molar refractivity (Wildman–Crippen MR) is 115 cm³/mol. The molecule has 0 saturated heterocycles. The van der Waals surface area contributed by atoms with E-state index in [9.17, 15) is 0 Å². The van der Waals surface area contributed by atoms with Crippen LogP contribution in [0.5, 0.6) is 0 Å². The summed E-state index contributed by atoms with van der Waals surface area (Å²) in [5, 5.41) is 0. The standard InChI is InChI=1S/C23H38OPS/c1-5-15(2)19-8-9-20-18-7-6-16-14-17(24-26-25)10-12-22(16,3)21(18)11-13-23(19,20)4/h6,15,17-21,26H,5,7-14H2,1-4H3/q-1/t15-,17+,18+,19-,20+,21+,22+,23-/m1/s1. The fourth-order valence-electron chi connectivity index (χ4n) is 8.04. The van der Waals surface area contributed by atoms with Crippen LogP contribution in [-0.2, 0) is 15.2 Å². The molecule has 8 atom stereocenters. The van der Waals surface area contributed by atoms with Gasteiger partial charge in [-0.3, -0.25) is 0 Å². The Morgan fingerprint density at radius 1 is 1.19 bits per heavy atom. The van der Waals surface area contributed by atoms with Crippen LogP contribution < -0.4 is 0 Å². The van der Waals surface area contributed by atoms with Gasteiger partial charge in [0.15, 0.2) is 0 Å². The summed E-state index contributed by atoms with van der Waals surface area (Å²) in [6.07, 6.45) is 15.4. The first kappa shape index (κ1) is 19.8. The molecule has 0 N–H and O–H groups in total. The summed E-state index contributed by atoms with van der Waals surface area (Å²) in [5.74, 6) is 4.71. The Balaban J connectivity index is 1.59. The molecule has 0 amide bonds. The normalized spacial score (nSPS) is 48.9. The SMILES string of the molecule is CC[C@@H](C)[C@H]1CC[C@H]2[C@@H]3CC=C4C[C@@H](O[SH-]#P)CC[C@]4(C)[C@H]3CC[C@]12C. The van der Waals surface area contributed by atoms with Crippen LogP contribution in [0.3, 0.4) is 0 Å². The van der Waals surface area contributed by atoms with Gasteiger partial charge in [-0.15, -0.1) is 0 Å². The van der Waals surface area contributed by atoms with E-state index >= 15 is 0 Å². The van der Waals surface area contributed by atoms with Gasteiger partial charge in [-0.05, 0) is 0 Å². The van der Waals surface area contributed by atoms with E-state index in [2.05, 4.69) is 41.6 Å². The summed E-state index contributed by atoms with van der Waals surface area (Å²) in [6.45, 7) is 10.2. The molecule has 148 valence electrons. The molecule has 1 nitrogen and oxygen atoms in total. The second-order valence-corrected chi connectivity index (χ2v) is 11.3. The van der Waals surface area contributed by atoms with Gasteiger partial charge in [0.2, 0.25) is 0 Å². The van der Waals surface area contributed by atoms with Crippen LogP contribution in [0.25, 0.3) is 0 Å². The van der Waals surface area contributed by atoms with E-state index in [1.165, 1.54) is 51.4 Å². The average molecular weight is 394 g/mol. The van der Waals surface area contributed by atoms with E-state index in [1.807, 2.05) is 0 Å². The van der Waals surface area contributed by atoms with Crippen LogP contribution in [0.1, 0.15) is 85.5 Å². The molecule has 0 spiro atoms. The van der Waals surface area contributed by atoms with Gasteiger partial charge in [0, 0.05) is 0 Å². The van der Waals surface area contributed by atoms with Crippen molar-refractivity contribution < 1.29 is 4.18 Å². The van der Waals surface area contributed by atoms with Crippen molar-refractivity contribution >= 4 is 18.8 Å². The van der Waals surface area contributed by atoms with Crippen LogP contribution in [0, 0.1) is 40.4 Å². The first-order valence-electron chi connectivity index (χ1n) is 11.1. The molecule has 0 unspecified atom stereocenters. The van der Waals surface area contributed by atoms with Crippen LogP contribution >= 0.6 is 7.81 Å². The topological polar surface area (TPSA) is 9.23 Å². The maximum absolute atomic E-state index is 5.85. The quantitative estimate of drug-likeness (QED) is 0.216. The van der Waals surface area contributed by atoms with Crippen molar-refractivity contribution in [1.29, 1.82) is 0 Å². The van der Waals surface area contributed by atoms with Gasteiger partial charge in [0.1, 0.15) is 0 Å². The van der Waals surface area contributed by atoms with Crippen molar-refractivity contribution in [2.24, 2.45) is 40.4 Å². The van der Waals surface area contributed by atoms with Gasteiger partial charge >= 0.3 is 146 Å². The molecule has 0 aliphatic heterocycles. The number of allylic oxidation sites excluding steroid dienone is 1. The van der Waals surface area contributed by atoms with Crippen LogP contribution in [0.15, 0.2) is 11.6 Å². The van der Waals surface area contributed by atoms with Crippen molar-refractivity contribution in [2.75, 3.05) is 0 Å². The van der Waals surface area contributed by atoms with Crippen molar-refractivity contribution in [1.82, 2.24) is 0 Å². The molecule has 3 fully saturated rings. The molecule has 3 saturated carbocycles. The summed E-state index contributed by atoms with van der Waals surface area (Å²) < 4.78 is 5.85. The van der Waals surface area contributed by atoms with Crippen LogP contribution in [0.2, 0.25) is 0 Å². The molecule has 3 heteroatoms. The molecule has 0 aromatic heterocycles. The molecule has 0 bridgehead atoms. The van der Waals surface area contributed by atoms with Gasteiger partial charge in [-0.25, -0.2) is 0 Å². The number of thiol groups is 1. The Bertz CT molecular complexity index is 624. The van der Waals surface area contributed by atoms with E-state index in [4.69, 9.17) is 4.18 Å². The molecule has 26 heavy (non-hydrogen) atoms. The minimum absolute atomic E-state index is 0.403. The molecule has 4 rings (SSSR count). The second kappa shape index (κ2) is 7.38. The van der Waals surface area contributed by atoms with E-state index in [1.54, 1.807) is 5.57 Å². The number of hydrogen-bond donors (Lipinski definition) is 0. The van der Waals surface area contributed by atoms with E-state index in [0.29, 0.717) is 16.9 Å². The Morgan fingerprint density at radius 2 is 2.00 bits per heavy atom. The second-order valence-electron chi connectivity index (χ2n) is 10.4. The molecular formula is C23H38OPS-. The first-order valence-corrected chi connectivity index (χ1v) is 13.1. The predicted octanol–water partition coefficient (Wildman–Crippen LogP) is 7.05. The van der Waals surface area contributed by atoms with Gasteiger partial charge in [0.05, 0.1) is 0 Å². The fourth-order valence-corrected chi connectivity index (χ4v) is 8.76. The Hall–Kier alpha value is 0.480. The number of hydrogen-bond acceptors (Lipinski definition) is 2. The zero-order chi connectivity index (χ0) is 18.5. The van der Waals surface area contributed by atoms with Crippen molar-refractivity contribution in [3.8, 4) is 0 Å². The molecule has 0 radical (unpaired) electrons. The Labute approximate surface area is 166 Å². The number of rotatable bonds is 3. The van der Waals surface area contributed by atoms with Gasteiger partial charge < -0.3 is 0 Å². The first-order chi connectivity index (χ1) is 12.4. The van der Waals surface area contributed by atoms with E-state index in [0.717, 1.165) is 47.0 Å². The van der Waals surface area contributed by atoms with Gasteiger partial charge in [0.25, 0.3) is 0 Å². The van der Waals surface area contributed by atoms with Crippen molar-refractivity contribution in [2.45, 2.75) is 91.6 Å². The monoisotopic (exact) mass is 393 g/mol. The molecule has 0 aromatic carbocycles. The zero-order valence-electron chi connectivity index (χ0n) is 17.2. The summed E-state index contributed by atoms with van der Waals surface area (Å²) in [7, 11) is 4.26. The summed E-state index contributed by atoms with van der Waals surface area (Å²) in [6, 6.07) is 0. The van der Waals surface area contributed by atoms with Gasteiger partial charge in [-0.2, -0.15) is 0 Å². The van der Waals surface area contributed by atoms with Crippen LogP contribution in [0.4, 0.5) is 0 Å². The third kappa shape index (κ3) is 2.96.